The van der Waals surface area contributed by atoms with Crippen LogP contribution in [0.3, 0.4) is 0 Å². The number of nitrogens with two attached hydrogens (primary N) is 1. The van der Waals surface area contributed by atoms with E-state index in [1.807, 2.05) is 0 Å². The zero-order valence-electron chi connectivity index (χ0n) is 16.0. The molecule has 8 heteroatoms. The largest absolute Gasteiger partial charge is 0.443 e. The summed E-state index contributed by atoms with van der Waals surface area (Å²) in [4.78, 5) is 32.6. The summed E-state index contributed by atoms with van der Waals surface area (Å²) in [5, 5.41) is 0. The van der Waals surface area contributed by atoms with Gasteiger partial charge < -0.3 is 20.1 Å². The zero-order chi connectivity index (χ0) is 19.3. The number of nitrogens with zero attached hydrogens (tertiary/aromatic N) is 3. The molecule has 2 saturated heterocycles. The van der Waals surface area contributed by atoms with Crippen LogP contribution >= 0.6 is 0 Å². The van der Waals surface area contributed by atoms with Crippen LogP contribution in [0.4, 0.5) is 21.0 Å². The Morgan fingerprint density at radius 3 is 2.89 bits per heavy atom. The van der Waals surface area contributed by atoms with Gasteiger partial charge in [-0.15, -0.1) is 0 Å². The van der Waals surface area contributed by atoms with Crippen LogP contribution in [0.2, 0.25) is 0 Å². The second-order valence-corrected chi connectivity index (χ2v) is 8.42. The van der Waals surface area contributed by atoms with Gasteiger partial charge in [-0.3, -0.25) is 4.98 Å². The van der Waals surface area contributed by atoms with E-state index in [1.165, 1.54) is 5.56 Å². The molecule has 146 valence electrons. The maximum absolute atomic E-state index is 12.6. The van der Waals surface area contributed by atoms with Crippen molar-refractivity contribution in [2.24, 2.45) is 0 Å². The van der Waals surface area contributed by atoms with E-state index in [9.17, 15) is 9.59 Å². The van der Waals surface area contributed by atoms with Crippen LogP contribution < -0.4 is 10.6 Å². The molecule has 2 aliphatic heterocycles. The fraction of sp³-hybridized carbons (Fsp3) is 0.632. The van der Waals surface area contributed by atoms with Gasteiger partial charge in [0.15, 0.2) is 0 Å². The minimum atomic E-state index is -0.680. The Labute approximate surface area is 158 Å². The van der Waals surface area contributed by atoms with Crippen LogP contribution in [0.25, 0.3) is 0 Å². The van der Waals surface area contributed by atoms with Gasteiger partial charge in [0.1, 0.15) is 17.7 Å². The molecular formula is C19H26N4O4. The number of imide groups is 1. The molecule has 0 aromatic carbocycles. The summed E-state index contributed by atoms with van der Waals surface area (Å²) in [6.45, 7) is 6.53. The minimum Gasteiger partial charge on any atom is -0.443 e. The Morgan fingerprint density at radius 2 is 2.15 bits per heavy atom. The fourth-order valence-corrected chi connectivity index (χ4v) is 4.22. The lowest BCUT2D eigenvalue weighted by Gasteiger charge is -2.38. The number of nitrogen functional groups attached to an aromatic ring is 1. The topological polar surface area (TPSA) is 98.0 Å². The lowest BCUT2D eigenvalue weighted by Crippen LogP contribution is -2.53. The van der Waals surface area contributed by atoms with Gasteiger partial charge in [0, 0.05) is 25.2 Å². The third-order valence-electron chi connectivity index (χ3n) is 5.31. The van der Waals surface area contributed by atoms with Crippen molar-refractivity contribution in [1.29, 1.82) is 0 Å². The van der Waals surface area contributed by atoms with Crippen molar-refractivity contribution in [3.63, 3.8) is 0 Å². The highest BCUT2D eigenvalue weighted by Crippen LogP contribution is 2.38. The summed E-state index contributed by atoms with van der Waals surface area (Å²) in [5.74, 6) is 0. The highest BCUT2D eigenvalue weighted by molar-refractivity contribution is 5.90. The number of ether oxygens (including phenoxy) is 2. The standard InChI is InChI=1S/C19H26N4O4/c1-19(2,3)27-18(25)23-14-10-22(8-7-15(14)26-17(23)24)16-11-5-4-6-13(11)21-9-12(16)20/h9,14-15H,4-8,10,20H2,1-3H3/t14-,15+/m1/s1. The van der Waals surface area contributed by atoms with Crippen LogP contribution in [0, 0.1) is 0 Å². The predicted molar refractivity (Wildman–Crippen MR) is 99.6 cm³/mol. The number of fused-ring (bicyclic) bond motifs is 2. The molecule has 27 heavy (non-hydrogen) atoms. The summed E-state index contributed by atoms with van der Waals surface area (Å²) in [6.07, 6.45) is 3.76. The molecule has 1 aromatic rings. The van der Waals surface area contributed by atoms with Gasteiger partial charge in [-0.2, -0.15) is 0 Å². The number of rotatable bonds is 1. The van der Waals surface area contributed by atoms with Crippen LogP contribution in [-0.2, 0) is 22.3 Å². The second kappa shape index (κ2) is 6.28. The van der Waals surface area contributed by atoms with E-state index in [0.717, 1.165) is 42.1 Å². The Balaban J connectivity index is 1.60. The van der Waals surface area contributed by atoms with Crippen molar-refractivity contribution in [3.8, 4) is 0 Å². The summed E-state index contributed by atoms with van der Waals surface area (Å²) in [6, 6.07) is -0.384. The van der Waals surface area contributed by atoms with Crippen molar-refractivity contribution in [2.45, 2.75) is 64.2 Å². The molecule has 4 rings (SSSR count). The lowest BCUT2D eigenvalue weighted by molar-refractivity contribution is 0.0285. The van der Waals surface area contributed by atoms with Gasteiger partial charge >= 0.3 is 12.2 Å². The number of carbonyl (C=O) groups excluding carboxylic acids is 2. The SMILES string of the molecule is CC(C)(C)OC(=O)N1C(=O)O[C@H]2CCN(c3c(N)cnc4c3CCC4)C[C@H]21. The number of aromatic nitrogens is 1. The average molecular weight is 374 g/mol. The smallest absolute Gasteiger partial charge is 0.420 e. The molecule has 0 saturated carbocycles. The zero-order valence-corrected chi connectivity index (χ0v) is 16.0. The monoisotopic (exact) mass is 374 g/mol. The molecule has 2 fully saturated rings. The Hall–Kier alpha value is -2.51. The quantitative estimate of drug-likeness (QED) is 0.806. The van der Waals surface area contributed by atoms with E-state index < -0.39 is 17.8 Å². The lowest BCUT2D eigenvalue weighted by atomic mass is 10.00. The van der Waals surface area contributed by atoms with Crippen molar-refractivity contribution < 1.29 is 19.1 Å². The molecule has 3 aliphatic rings. The number of hydrogen-bond donors (Lipinski definition) is 1. The summed E-state index contributed by atoms with van der Waals surface area (Å²) in [5.41, 5.74) is 9.52. The molecule has 2 atom stereocenters. The third-order valence-corrected chi connectivity index (χ3v) is 5.31. The number of carbonyl (C=O) groups is 2. The number of anilines is 2. The summed E-state index contributed by atoms with van der Waals surface area (Å²) >= 11 is 0. The van der Waals surface area contributed by atoms with Gasteiger partial charge in [0.2, 0.25) is 0 Å². The first kappa shape index (κ1) is 17.9. The van der Waals surface area contributed by atoms with E-state index in [4.69, 9.17) is 15.2 Å². The summed E-state index contributed by atoms with van der Waals surface area (Å²) < 4.78 is 10.8. The Morgan fingerprint density at radius 1 is 1.37 bits per heavy atom. The predicted octanol–water partition coefficient (Wildman–Crippen LogP) is 2.49. The normalized spacial score (nSPS) is 24.5. The first-order chi connectivity index (χ1) is 12.7. The van der Waals surface area contributed by atoms with E-state index in [2.05, 4.69) is 9.88 Å². The van der Waals surface area contributed by atoms with Gasteiger partial charge in [-0.1, -0.05) is 0 Å². The van der Waals surface area contributed by atoms with Gasteiger partial charge in [-0.05, 0) is 45.6 Å². The Bertz CT molecular complexity index is 789. The molecule has 0 bridgehead atoms. The van der Waals surface area contributed by atoms with Crippen LogP contribution in [0.1, 0.15) is 44.9 Å². The van der Waals surface area contributed by atoms with Crippen LogP contribution in [0.15, 0.2) is 6.20 Å². The average Bonchev–Trinajstić information content (AvgIpc) is 3.15. The van der Waals surface area contributed by atoms with Gasteiger partial charge in [0.05, 0.1) is 17.6 Å². The molecule has 0 spiro atoms. The van der Waals surface area contributed by atoms with E-state index in [1.54, 1.807) is 27.0 Å². The maximum Gasteiger partial charge on any atom is 0.420 e. The number of piperidine rings is 1. The number of aryl methyl sites for hydroxylation is 1. The molecule has 1 aliphatic carbocycles. The molecule has 8 nitrogen and oxygen atoms in total. The summed E-state index contributed by atoms with van der Waals surface area (Å²) in [7, 11) is 0. The first-order valence-electron chi connectivity index (χ1n) is 9.48. The Kier molecular flexibility index (Phi) is 4.16. The minimum absolute atomic E-state index is 0.308. The molecule has 0 radical (unpaired) electrons. The molecule has 3 heterocycles. The van der Waals surface area contributed by atoms with Crippen molar-refractivity contribution in [3.05, 3.63) is 17.5 Å². The van der Waals surface area contributed by atoms with Crippen molar-refractivity contribution in [1.82, 2.24) is 9.88 Å². The maximum atomic E-state index is 12.6. The number of pyridine rings is 1. The van der Waals surface area contributed by atoms with E-state index in [0.29, 0.717) is 18.7 Å². The highest BCUT2D eigenvalue weighted by Gasteiger charge is 2.50. The molecule has 2 amide bonds. The van der Waals surface area contributed by atoms with Crippen LogP contribution in [0.5, 0.6) is 0 Å². The van der Waals surface area contributed by atoms with Crippen LogP contribution in [-0.4, -0.2) is 52.9 Å². The third kappa shape index (κ3) is 3.17. The van der Waals surface area contributed by atoms with Crippen molar-refractivity contribution >= 4 is 23.6 Å². The fourth-order valence-electron chi connectivity index (χ4n) is 4.22. The van der Waals surface area contributed by atoms with E-state index >= 15 is 0 Å². The van der Waals surface area contributed by atoms with Gasteiger partial charge in [-0.25, -0.2) is 14.5 Å². The molecule has 0 unspecified atom stereocenters. The van der Waals surface area contributed by atoms with Crippen molar-refractivity contribution in [2.75, 3.05) is 23.7 Å². The molecule has 1 aromatic heterocycles. The highest BCUT2D eigenvalue weighted by atomic mass is 16.6. The molecule has 2 N–H and O–H groups in total. The van der Waals surface area contributed by atoms with Gasteiger partial charge in [0.25, 0.3) is 0 Å². The number of hydrogen-bond acceptors (Lipinski definition) is 7. The number of amides is 2. The van der Waals surface area contributed by atoms with E-state index in [-0.39, 0.29) is 12.1 Å². The first-order valence-corrected chi connectivity index (χ1v) is 9.48. The molecular weight excluding hydrogens is 348 g/mol. The second-order valence-electron chi connectivity index (χ2n) is 8.42.